The molecular formula is C14H7Cl2F3N2OS. The molecule has 1 atom stereocenters. The molecule has 1 unspecified atom stereocenters. The largest absolute Gasteiger partial charge is 0.449 e. The second kappa shape index (κ2) is 5.81. The fraction of sp³-hybridized carbons (Fsp3) is 0.0714. The van der Waals surface area contributed by atoms with Crippen molar-refractivity contribution in [2.75, 3.05) is 0 Å². The first-order chi connectivity index (χ1) is 10.8. The topological polar surface area (TPSA) is 45.8 Å². The lowest BCUT2D eigenvalue weighted by Crippen LogP contribution is -2.06. The summed E-state index contributed by atoms with van der Waals surface area (Å²) >= 11 is 11.8. The Labute approximate surface area is 140 Å². The minimum atomic E-state index is -4.60. The maximum atomic E-state index is 12.7. The number of benzene rings is 2. The number of nitrogens with one attached hydrogen (secondary N) is 1. The number of rotatable bonds is 2. The van der Waals surface area contributed by atoms with Crippen LogP contribution in [0.1, 0.15) is 5.82 Å². The maximum absolute atomic E-state index is 12.7. The van der Waals surface area contributed by atoms with E-state index in [0.29, 0.717) is 9.92 Å². The van der Waals surface area contributed by atoms with Gasteiger partial charge in [0.1, 0.15) is 0 Å². The molecule has 0 amide bonds. The molecule has 0 spiro atoms. The van der Waals surface area contributed by atoms with Crippen molar-refractivity contribution < 1.29 is 17.4 Å². The van der Waals surface area contributed by atoms with Crippen LogP contribution in [0.3, 0.4) is 0 Å². The quantitative estimate of drug-likeness (QED) is 0.677. The summed E-state index contributed by atoms with van der Waals surface area (Å²) in [7, 11) is -1.65. The Kier molecular flexibility index (Phi) is 4.12. The molecule has 0 saturated heterocycles. The van der Waals surface area contributed by atoms with Crippen LogP contribution in [0.25, 0.3) is 11.0 Å². The zero-order valence-corrected chi connectivity index (χ0v) is 13.4. The molecule has 0 aliphatic carbocycles. The molecule has 0 bridgehead atoms. The maximum Gasteiger partial charge on any atom is 0.449 e. The van der Waals surface area contributed by atoms with Crippen LogP contribution in [0.2, 0.25) is 10.0 Å². The summed E-state index contributed by atoms with van der Waals surface area (Å²) in [5.74, 6) is -1.13. The molecule has 2 aromatic carbocycles. The van der Waals surface area contributed by atoms with Crippen LogP contribution < -0.4 is 0 Å². The lowest BCUT2D eigenvalue weighted by Gasteiger charge is -2.05. The molecule has 1 N–H and O–H groups in total. The molecule has 0 aliphatic rings. The highest BCUT2D eigenvalue weighted by Gasteiger charge is 2.35. The third-order valence-corrected chi connectivity index (χ3v) is 5.15. The van der Waals surface area contributed by atoms with Gasteiger partial charge in [-0.1, -0.05) is 23.2 Å². The van der Waals surface area contributed by atoms with Crippen molar-refractivity contribution in [1.82, 2.24) is 9.97 Å². The Hall–Kier alpha value is -1.57. The summed E-state index contributed by atoms with van der Waals surface area (Å²) in [5.41, 5.74) is 0.165. The number of alkyl halides is 3. The van der Waals surface area contributed by atoms with Gasteiger partial charge in [0, 0.05) is 9.92 Å². The Bertz CT molecular complexity index is 907. The van der Waals surface area contributed by atoms with Gasteiger partial charge in [-0.2, -0.15) is 13.2 Å². The minimum Gasteiger partial charge on any atom is -0.334 e. The Morgan fingerprint density at radius 3 is 2.35 bits per heavy atom. The Morgan fingerprint density at radius 1 is 1.09 bits per heavy atom. The zero-order valence-electron chi connectivity index (χ0n) is 11.1. The summed E-state index contributed by atoms with van der Waals surface area (Å²) in [4.78, 5) is 6.25. The van der Waals surface area contributed by atoms with Gasteiger partial charge in [-0.15, -0.1) is 0 Å². The number of H-pyrrole nitrogens is 1. The molecule has 0 fully saturated rings. The van der Waals surface area contributed by atoms with E-state index >= 15 is 0 Å². The number of nitrogens with zero attached hydrogens (tertiary/aromatic N) is 1. The number of fused-ring (bicyclic) bond motifs is 1. The van der Waals surface area contributed by atoms with E-state index in [-0.39, 0.29) is 21.0 Å². The molecule has 23 heavy (non-hydrogen) atoms. The van der Waals surface area contributed by atoms with Crippen LogP contribution >= 0.6 is 23.2 Å². The van der Waals surface area contributed by atoms with Gasteiger partial charge in [-0.05, 0) is 36.4 Å². The van der Waals surface area contributed by atoms with Crippen molar-refractivity contribution in [3.63, 3.8) is 0 Å². The van der Waals surface area contributed by atoms with Crippen LogP contribution in [0, 0.1) is 0 Å². The van der Waals surface area contributed by atoms with E-state index in [1.165, 1.54) is 12.1 Å². The highest BCUT2D eigenvalue weighted by atomic mass is 35.5. The van der Waals surface area contributed by atoms with Crippen LogP contribution in [0.5, 0.6) is 0 Å². The summed E-state index contributed by atoms with van der Waals surface area (Å²) in [6.07, 6.45) is -4.60. The summed E-state index contributed by atoms with van der Waals surface area (Å²) in [6.45, 7) is 0. The van der Waals surface area contributed by atoms with Crippen molar-refractivity contribution in [3.8, 4) is 0 Å². The molecule has 0 saturated carbocycles. The monoisotopic (exact) mass is 378 g/mol. The Balaban J connectivity index is 2.09. The number of hydrogen-bond donors (Lipinski definition) is 1. The van der Waals surface area contributed by atoms with Crippen molar-refractivity contribution in [1.29, 1.82) is 0 Å². The van der Waals surface area contributed by atoms with E-state index in [0.717, 1.165) is 0 Å². The van der Waals surface area contributed by atoms with E-state index < -0.39 is 22.8 Å². The number of hydrogen-bond acceptors (Lipinski definition) is 2. The van der Waals surface area contributed by atoms with E-state index in [1.807, 2.05) is 0 Å². The standard InChI is InChI=1S/C14H7Cl2F3N2OS/c15-7-1-3-8(4-2-7)23(22)12-6-11-10(5-9(12)16)20-13(21-11)14(17,18)19/h1-6H,(H,20,21). The second-order valence-corrected chi connectivity index (χ2v) is 6.90. The fourth-order valence-electron chi connectivity index (χ4n) is 1.97. The lowest BCUT2D eigenvalue weighted by atomic mass is 10.3. The molecule has 1 heterocycles. The third-order valence-electron chi connectivity index (χ3n) is 3.03. The Morgan fingerprint density at radius 2 is 1.74 bits per heavy atom. The molecule has 120 valence electrons. The number of aromatic nitrogens is 2. The fourth-order valence-corrected chi connectivity index (χ4v) is 3.57. The molecular weight excluding hydrogens is 372 g/mol. The predicted octanol–water partition coefficient (Wildman–Crippen LogP) is 5.06. The molecule has 3 aromatic rings. The first kappa shape index (κ1) is 16.3. The number of imidazole rings is 1. The van der Waals surface area contributed by atoms with E-state index in [2.05, 4.69) is 9.97 Å². The van der Waals surface area contributed by atoms with Crippen molar-refractivity contribution in [2.24, 2.45) is 0 Å². The van der Waals surface area contributed by atoms with Gasteiger partial charge in [-0.25, -0.2) is 9.19 Å². The first-order valence-corrected chi connectivity index (χ1v) is 8.10. The molecule has 3 nitrogen and oxygen atoms in total. The molecule has 1 aromatic heterocycles. The van der Waals surface area contributed by atoms with Crippen LogP contribution in [0.4, 0.5) is 13.2 Å². The van der Waals surface area contributed by atoms with E-state index in [4.69, 9.17) is 23.2 Å². The molecule has 0 aliphatic heterocycles. The van der Waals surface area contributed by atoms with Crippen LogP contribution in [-0.2, 0) is 17.0 Å². The highest BCUT2D eigenvalue weighted by Crippen LogP contribution is 2.32. The molecule has 9 heteroatoms. The summed E-state index contributed by atoms with van der Waals surface area (Å²) in [5, 5.41) is 0.557. The highest BCUT2D eigenvalue weighted by molar-refractivity contribution is 7.85. The van der Waals surface area contributed by atoms with Gasteiger partial charge in [0.05, 0.1) is 31.8 Å². The van der Waals surface area contributed by atoms with E-state index in [1.54, 1.807) is 24.3 Å². The predicted molar refractivity (Wildman–Crippen MR) is 82.2 cm³/mol. The van der Waals surface area contributed by atoms with Gasteiger partial charge in [-0.3, -0.25) is 0 Å². The van der Waals surface area contributed by atoms with Gasteiger partial charge < -0.3 is 4.98 Å². The van der Waals surface area contributed by atoms with Crippen LogP contribution in [0.15, 0.2) is 46.2 Å². The zero-order chi connectivity index (χ0) is 16.8. The minimum absolute atomic E-state index is 0.0548. The smallest absolute Gasteiger partial charge is 0.334 e. The average molecular weight is 379 g/mol. The summed E-state index contributed by atoms with van der Waals surface area (Å²) < 4.78 is 50.6. The van der Waals surface area contributed by atoms with E-state index in [9.17, 15) is 17.4 Å². The van der Waals surface area contributed by atoms with Crippen molar-refractivity contribution >= 4 is 45.0 Å². The lowest BCUT2D eigenvalue weighted by molar-refractivity contribution is -0.144. The first-order valence-electron chi connectivity index (χ1n) is 6.19. The van der Waals surface area contributed by atoms with Crippen molar-refractivity contribution in [2.45, 2.75) is 16.0 Å². The normalized spacial score (nSPS) is 13.4. The SMILES string of the molecule is O=S(c1ccc(Cl)cc1)c1cc2[nH]c(C(F)(F)F)nc2cc1Cl. The third kappa shape index (κ3) is 3.22. The molecule has 3 rings (SSSR count). The number of halogens is 5. The number of aromatic amines is 1. The van der Waals surface area contributed by atoms with Gasteiger partial charge >= 0.3 is 6.18 Å². The second-order valence-electron chi connectivity index (χ2n) is 4.61. The van der Waals surface area contributed by atoms with Gasteiger partial charge in [0.25, 0.3) is 0 Å². The molecule has 0 radical (unpaired) electrons. The van der Waals surface area contributed by atoms with Crippen molar-refractivity contribution in [3.05, 3.63) is 52.3 Å². The average Bonchev–Trinajstić information content (AvgIpc) is 2.89. The van der Waals surface area contributed by atoms with Crippen LogP contribution in [-0.4, -0.2) is 14.2 Å². The van der Waals surface area contributed by atoms with Gasteiger partial charge in [0.2, 0.25) is 5.82 Å². The summed E-state index contributed by atoms with van der Waals surface area (Å²) in [6, 6.07) is 8.83. The van der Waals surface area contributed by atoms with Gasteiger partial charge in [0.15, 0.2) is 0 Å².